The molecule has 0 aromatic heterocycles. The molecular weight excluding hydrogens is 443 g/mol. The zero-order valence-corrected chi connectivity index (χ0v) is 19.7. The first-order chi connectivity index (χ1) is 17.0. The number of anilines is 2. The smallest absolute Gasteiger partial charge is 0.338 e. The standard InChI is InChI=1S/C29H27FN2O3/c1-19(25-11-7-9-20-8-3-4-10-26(20)25)31-17-24-18-32(27-12-5-6-13-28(27)35-24)23-15-21(29(33)34-2)14-22(30)16-23/h3-16,19,24,31H,17-18H2,1-2H3/t19-,24?/m1/s1. The molecule has 178 valence electrons. The molecule has 35 heavy (non-hydrogen) atoms. The molecule has 0 saturated heterocycles. The molecule has 0 bridgehead atoms. The Bertz CT molecular complexity index is 1370. The maximum atomic E-state index is 14.4. The van der Waals surface area contributed by atoms with Gasteiger partial charge in [-0.3, -0.25) is 0 Å². The van der Waals surface area contributed by atoms with Crippen molar-refractivity contribution in [3.05, 3.63) is 102 Å². The van der Waals surface area contributed by atoms with Gasteiger partial charge >= 0.3 is 5.97 Å². The fourth-order valence-electron chi connectivity index (χ4n) is 4.66. The Morgan fingerprint density at radius 1 is 1.09 bits per heavy atom. The van der Waals surface area contributed by atoms with E-state index in [1.807, 2.05) is 35.2 Å². The van der Waals surface area contributed by atoms with Crippen LogP contribution in [0.2, 0.25) is 0 Å². The maximum Gasteiger partial charge on any atom is 0.338 e. The predicted molar refractivity (Wildman–Crippen MR) is 136 cm³/mol. The molecule has 5 nitrogen and oxygen atoms in total. The summed E-state index contributed by atoms with van der Waals surface area (Å²) in [6, 6.07) is 26.7. The summed E-state index contributed by atoms with van der Waals surface area (Å²) in [5, 5.41) is 6.05. The molecule has 0 aliphatic carbocycles. The Morgan fingerprint density at radius 3 is 2.71 bits per heavy atom. The van der Waals surface area contributed by atoms with E-state index in [1.165, 1.54) is 35.6 Å². The van der Waals surface area contributed by atoms with Gasteiger partial charge in [0.15, 0.2) is 0 Å². The van der Waals surface area contributed by atoms with Crippen molar-refractivity contribution in [3.63, 3.8) is 0 Å². The Hall–Kier alpha value is -3.90. The van der Waals surface area contributed by atoms with Crippen molar-refractivity contribution in [1.29, 1.82) is 0 Å². The summed E-state index contributed by atoms with van der Waals surface area (Å²) in [7, 11) is 1.29. The van der Waals surface area contributed by atoms with E-state index in [0.717, 1.165) is 5.69 Å². The Labute approximate surface area is 204 Å². The van der Waals surface area contributed by atoms with Crippen LogP contribution in [0.5, 0.6) is 5.75 Å². The first-order valence-corrected chi connectivity index (χ1v) is 11.7. The van der Waals surface area contributed by atoms with Crippen molar-refractivity contribution in [1.82, 2.24) is 5.32 Å². The van der Waals surface area contributed by atoms with Gasteiger partial charge < -0.3 is 19.7 Å². The fourth-order valence-corrected chi connectivity index (χ4v) is 4.66. The van der Waals surface area contributed by atoms with E-state index in [9.17, 15) is 9.18 Å². The van der Waals surface area contributed by atoms with Gasteiger partial charge in [0.25, 0.3) is 0 Å². The molecule has 0 saturated carbocycles. The number of fused-ring (bicyclic) bond motifs is 2. The van der Waals surface area contributed by atoms with Gasteiger partial charge in [-0.05, 0) is 53.6 Å². The van der Waals surface area contributed by atoms with E-state index < -0.39 is 11.8 Å². The summed E-state index contributed by atoms with van der Waals surface area (Å²) in [6.07, 6.45) is -0.188. The molecule has 1 N–H and O–H groups in total. The van der Waals surface area contributed by atoms with Gasteiger partial charge in [0.1, 0.15) is 17.7 Å². The molecule has 1 unspecified atom stereocenters. The second-order valence-electron chi connectivity index (χ2n) is 8.71. The number of halogens is 1. The molecule has 0 fully saturated rings. The van der Waals surface area contributed by atoms with Crippen molar-refractivity contribution in [3.8, 4) is 5.75 Å². The van der Waals surface area contributed by atoms with Crippen LogP contribution in [0.1, 0.15) is 28.9 Å². The number of hydrogen-bond acceptors (Lipinski definition) is 5. The minimum atomic E-state index is -0.575. The maximum absolute atomic E-state index is 14.4. The van der Waals surface area contributed by atoms with Gasteiger partial charge in [-0.25, -0.2) is 9.18 Å². The lowest BCUT2D eigenvalue weighted by Crippen LogP contribution is -2.44. The van der Waals surface area contributed by atoms with Crippen LogP contribution in [0.4, 0.5) is 15.8 Å². The van der Waals surface area contributed by atoms with Crippen molar-refractivity contribution in [2.45, 2.75) is 19.1 Å². The molecule has 4 aromatic rings. The quantitative estimate of drug-likeness (QED) is 0.350. The van der Waals surface area contributed by atoms with Crippen LogP contribution < -0.4 is 15.0 Å². The van der Waals surface area contributed by atoms with Crippen LogP contribution in [0, 0.1) is 5.82 Å². The average Bonchev–Trinajstić information content (AvgIpc) is 2.90. The lowest BCUT2D eigenvalue weighted by molar-refractivity contribution is 0.0600. The Balaban J connectivity index is 1.39. The minimum Gasteiger partial charge on any atom is -0.485 e. The van der Waals surface area contributed by atoms with Crippen LogP contribution in [0.25, 0.3) is 10.8 Å². The van der Waals surface area contributed by atoms with Crippen molar-refractivity contribution in [2.24, 2.45) is 0 Å². The molecule has 5 rings (SSSR count). The third-order valence-electron chi connectivity index (χ3n) is 6.39. The van der Waals surface area contributed by atoms with Crippen LogP contribution in [0.15, 0.2) is 84.9 Å². The van der Waals surface area contributed by atoms with Crippen molar-refractivity contribution < 1.29 is 18.7 Å². The monoisotopic (exact) mass is 470 g/mol. The van der Waals surface area contributed by atoms with E-state index in [4.69, 9.17) is 9.47 Å². The fraction of sp³-hybridized carbons (Fsp3) is 0.207. The summed E-state index contributed by atoms with van der Waals surface area (Å²) in [6.45, 7) is 3.23. The van der Waals surface area contributed by atoms with Gasteiger partial charge in [0, 0.05) is 18.3 Å². The summed E-state index contributed by atoms with van der Waals surface area (Å²) < 4.78 is 25.5. The molecule has 0 amide bonds. The molecule has 6 heteroatoms. The molecule has 4 aromatic carbocycles. The van der Waals surface area contributed by atoms with Crippen molar-refractivity contribution in [2.75, 3.05) is 25.1 Å². The zero-order valence-electron chi connectivity index (χ0n) is 19.7. The van der Waals surface area contributed by atoms with E-state index >= 15 is 0 Å². The molecule has 1 aliphatic heterocycles. The lowest BCUT2D eigenvalue weighted by Gasteiger charge is -2.37. The first kappa shape index (κ1) is 22.9. The molecule has 2 atom stereocenters. The third-order valence-corrected chi connectivity index (χ3v) is 6.39. The number of hydrogen-bond donors (Lipinski definition) is 1. The highest BCUT2D eigenvalue weighted by atomic mass is 19.1. The second kappa shape index (κ2) is 9.76. The highest BCUT2D eigenvalue weighted by Crippen LogP contribution is 2.38. The van der Waals surface area contributed by atoms with E-state index in [-0.39, 0.29) is 17.7 Å². The summed E-state index contributed by atoms with van der Waals surface area (Å²) in [5.41, 5.74) is 2.80. The molecular formula is C29H27FN2O3. The normalized spacial score (nSPS) is 15.9. The van der Waals surface area contributed by atoms with Crippen LogP contribution in [-0.2, 0) is 4.74 Å². The zero-order chi connectivity index (χ0) is 24.4. The van der Waals surface area contributed by atoms with E-state index in [1.54, 1.807) is 6.07 Å². The predicted octanol–water partition coefficient (Wildman–Crippen LogP) is 6.02. The first-order valence-electron chi connectivity index (χ1n) is 11.7. The topological polar surface area (TPSA) is 50.8 Å². The van der Waals surface area contributed by atoms with Crippen LogP contribution in [0.3, 0.4) is 0 Å². The van der Waals surface area contributed by atoms with Crippen LogP contribution >= 0.6 is 0 Å². The second-order valence-corrected chi connectivity index (χ2v) is 8.71. The lowest BCUT2D eigenvalue weighted by atomic mass is 9.99. The van der Waals surface area contributed by atoms with E-state index in [2.05, 4.69) is 48.6 Å². The highest BCUT2D eigenvalue weighted by molar-refractivity contribution is 5.91. The summed E-state index contributed by atoms with van der Waals surface area (Å²) in [4.78, 5) is 14.1. The number of esters is 1. The highest BCUT2D eigenvalue weighted by Gasteiger charge is 2.28. The van der Waals surface area contributed by atoms with Crippen molar-refractivity contribution >= 4 is 28.1 Å². The van der Waals surface area contributed by atoms with E-state index in [0.29, 0.717) is 24.5 Å². The third kappa shape index (κ3) is 4.70. The van der Waals surface area contributed by atoms with Gasteiger partial charge in [0.2, 0.25) is 0 Å². The largest absolute Gasteiger partial charge is 0.485 e. The van der Waals surface area contributed by atoms with Gasteiger partial charge in [-0.15, -0.1) is 0 Å². The summed E-state index contributed by atoms with van der Waals surface area (Å²) in [5.74, 6) is -0.354. The molecule has 0 spiro atoms. The number of benzene rings is 4. The minimum absolute atomic E-state index is 0.107. The number of nitrogens with one attached hydrogen (secondary N) is 1. The van der Waals surface area contributed by atoms with Gasteiger partial charge in [0.05, 0.1) is 24.9 Å². The number of ether oxygens (including phenoxy) is 2. The van der Waals surface area contributed by atoms with Gasteiger partial charge in [-0.2, -0.15) is 0 Å². The SMILES string of the molecule is COC(=O)c1cc(F)cc(N2CC(CN[C@H](C)c3cccc4ccccc34)Oc3ccccc32)c1. The number of rotatable bonds is 6. The molecule has 0 radical (unpaired) electrons. The number of carbonyl (C=O) groups is 1. The summed E-state index contributed by atoms with van der Waals surface area (Å²) >= 11 is 0. The molecule has 1 aliphatic rings. The Kier molecular flexibility index (Phi) is 6.38. The average molecular weight is 471 g/mol. The van der Waals surface area contributed by atoms with Crippen LogP contribution in [-0.4, -0.2) is 32.3 Å². The number of nitrogens with zero attached hydrogens (tertiary/aromatic N) is 1. The Morgan fingerprint density at radius 2 is 1.86 bits per heavy atom. The number of carbonyl (C=O) groups excluding carboxylic acids is 1. The molecule has 1 heterocycles. The number of methoxy groups -OCH3 is 1. The van der Waals surface area contributed by atoms with Gasteiger partial charge in [-0.1, -0.05) is 54.6 Å². The number of para-hydroxylation sites is 2.